The van der Waals surface area contributed by atoms with Gasteiger partial charge in [-0.1, -0.05) is 0 Å². The van der Waals surface area contributed by atoms with E-state index in [4.69, 9.17) is 4.42 Å². The van der Waals surface area contributed by atoms with Gasteiger partial charge in [0.1, 0.15) is 11.5 Å². The SMILES string of the molecule is Cc1cc(F)ccc1-c1ocnc1CNC1CC1. The lowest BCUT2D eigenvalue weighted by Crippen LogP contribution is -2.16. The Bertz CT molecular complexity index is 561. The summed E-state index contributed by atoms with van der Waals surface area (Å²) in [5, 5.41) is 3.40. The zero-order chi connectivity index (χ0) is 12.5. The third-order valence-corrected chi connectivity index (χ3v) is 3.21. The highest BCUT2D eigenvalue weighted by Gasteiger charge is 2.22. The molecule has 0 spiro atoms. The predicted molar refractivity (Wildman–Crippen MR) is 66.5 cm³/mol. The second kappa shape index (κ2) is 4.53. The summed E-state index contributed by atoms with van der Waals surface area (Å²) in [5.74, 6) is 0.508. The van der Waals surface area contributed by atoms with Crippen molar-refractivity contribution in [2.75, 3.05) is 0 Å². The molecule has 0 amide bonds. The van der Waals surface area contributed by atoms with Gasteiger partial charge < -0.3 is 9.73 Å². The van der Waals surface area contributed by atoms with Gasteiger partial charge in [0.25, 0.3) is 0 Å². The normalized spacial score (nSPS) is 15.0. The molecule has 1 fully saturated rings. The molecular weight excluding hydrogens is 231 g/mol. The van der Waals surface area contributed by atoms with Crippen molar-refractivity contribution >= 4 is 0 Å². The summed E-state index contributed by atoms with van der Waals surface area (Å²) in [7, 11) is 0. The molecule has 1 aliphatic carbocycles. The van der Waals surface area contributed by atoms with Crippen LogP contribution in [0.3, 0.4) is 0 Å². The molecule has 2 aromatic rings. The lowest BCUT2D eigenvalue weighted by molar-refractivity contribution is 0.568. The lowest BCUT2D eigenvalue weighted by Gasteiger charge is -2.05. The number of hydrogen-bond acceptors (Lipinski definition) is 3. The van der Waals surface area contributed by atoms with E-state index >= 15 is 0 Å². The molecule has 1 heterocycles. The maximum absolute atomic E-state index is 13.1. The van der Waals surface area contributed by atoms with Gasteiger partial charge in [-0.05, 0) is 43.5 Å². The molecule has 94 valence electrons. The van der Waals surface area contributed by atoms with Crippen molar-refractivity contribution in [2.45, 2.75) is 32.4 Å². The van der Waals surface area contributed by atoms with E-state index in [-0.39, 0.29) is 5.82 Å². The van der Waals surface area contributed by atoms with Crippen LogP contribution in [0.25, 0.3) is 11.3 Å². The number of halogens is 1. The summed E-state index contributed by atoms with van der Waals surface area (Å²) in [6.45, 7) is 2.58. The van der Waals surface area contributed by atoms with Gasteiger partial charge in [-0.3, -0.25) is 0 Å². The Hall–Kier alpha value is -1.68. The van der Waals surface area contributed by atoms with Crippen LogP contribution in [0.1, 0.15) is 24.1 Å². The Morgan fingerprint density at radius 3 is 3.00 bits per heavy atom. The second-order valence-corrected chi connectivity index (χ2v) is 4.74. The van der Waals surface area contributed by atoms with Crippen LogP contribution in [-0.2, 0) is 6.54 Å². The summed E-state index contributed by atoms with van der Waals surface area (Å²) in [5.41, 5.74) is 2.65. The van der Waals surface area contributed by atoms with Crippen molar-refractivity contribution < 1.29 is 8.81 Å². The minimum Gasteiger partial charge on any atom is -0.443 e. The summed E-state index contributed by atoms with van der Waals surface area (Å²) < 4.78 is 18.5. The highest BCUT2D eigenvalue weighted by atomic mass is 19.1. The van der Waals surface area contributed by atoms with Crippen LogP contribution in [-0.4, -0.2) is 11.0 Å². The molecule has 3 nitrogen and oxygen atoms in total. The number of rotatable bonds is 4. The van der Waals surface area contributed by atoms with Gasteiger partial charge in [0.15, 0.2) is 12.2 Å². The number of aryl methyl sites for hydroxylation is 1. The molecule has 1 saturated carbocycles. The molecule has 1 aromatic heterocycles. The third-order valence-electron chi connectivity index (χ3n) is 3.21. The molecule has 0 saturated heterocycles. The largest absolute Gasteiger partial charge is 0.443 e. The zero-order valence-electron chi connectivity index (χ0n) is 10.2. The average Bonchev–Trinajstić information content (AvgIpc) is 3.06. The Balaban J connectivity index is 1.88. The standard InChI is InChI=1S/C14H15FN2O/c1-9-6-10(15)2-5-12(9)14-13(17-8-18-14)7-16-11-3-4-11/h2,5-6,8,11,16H,3-4,7H2,1H3. The van der Waals surface area contributed by atoms with Crippen LogP contribution in [0.2, 0.25) is 0 Å². The van der Waals surface area contributed by atoms with E-state index in [2.05, 4.69) is 10.3 Å². The van der Waals surface area contributed by atoms with E-state index < -0.39 is 0 Å². The first-order valence-corrected chi connectivity index (χ1v) is 6.16. The first-order chi connectivity index (χ1) is 8.74. The van der Waals surface area contributed by atoms with Gasteiger partial charge in [0.2, 0.25) is 0 Å². The molecule has 0 aliphatic heterocycles. The molecule has 18 heavy (non-hydrogen) atoms. The molecular formula is C14H15FN2O. The van der Waals surface area contributed by atoms with E-state index in [0.717, 1.165) is 22.6 Å². The fourth-order valence-corrected chi connectivity index (χ4v) is 2.02. The molecule has 0 radical (unpaired) electrons. The average molecular weight is 246 g/mol. The van der Waals surface area contributed by atoms with Gasteiger partial charge >= 0.3 is 0 Å². The van der Waals surface area contributed by atoms with Crippen LogP contribution in [0.15, 0.2) is 29.0 Å². The van der Waals surface area contributed by atoms with Crippen LogP contribution >= 0.6 is 0 Å². The lowest BCUT2D eigenvalue weighted by atomic mass is 10.0. The van der Waals surface area contributed by atoms with Crippen LogP contribution in [0.5, 0.6) is 0 Å². The summed E-state index contributed by atoms with van der Waals surface area (Å²) >= 11 is 0. The molecule has 1 N–H and O–H groups in total. The van der Waals surface area contributed by atoms with Crippen LogP contribution in [0, 0.1) is 12.7 Å². The molecule has 1 aliphatic rings. The van der Waals surface area contributed by atoms with Gasteiger partial charge in [0, 0.05) is 18.2 Å². The van der Waals surface area contributed by atoms with E-state index in [1.54, 1.807) is 6.07 Å². The maximum Gasteiger partial charge on any atom is 0.181 e. The Morgan fingerprint density at radius 2 is 2.28 bits per heavy atom. The molecule has 4 heteroatoms. The summed E-state index contributed by atoms with van der Waals surface area (Å²) in [4.78, 5) is 4.23. The minimum absolute atomic E-state index is 0.228. The topological polar surface area (TPSA) is 38.1 Å². The monoisotopic (exact) mass is 246 g/mol. The van der Waals surface area contributed by atoms with Crippen molar-refractivity contribution in [1.82, 2.24) is 10.3 Å². The van der Waals surface area contributed by atoms with E-state index in [0.29, 0.717) is 12.6 Å². The van der Waals surface area contributed by atoms with E-state index in [1.807, 2.05) is 6.92 Å². The van der Waals surface area contributed by atoms with Crippen molar-refractivity contribution in [3.05, 3.63) is 41.7 Å². The highest BCUT2D eigenvalue weighted by Crippen LogP contribution is 2.28. The fourth-order valence-electron chi connectivity index (χ4n) is 2.02. The number of aromatic nitrogens is 1. The van der Waals surface area contributed by atoms with Gasteiger partial charge in [-0.25, -0.2) is 9.37 Å². The predicted octanol–water partition coefficient (Wildman–Crippen LogP) is 3.04. The molecule has 1 aromatic carbocycles. The van der Waals surface area contributed by atoms with Crippen molar-refractivity contribution in [3.63, 3.8) is 0 Å². The molecule has 3 rings (SSSR count). The number of nitrogens with one attached hydrogen (secondary N) is 1. The Morgan fingerprint density at radius 1 is 1.44 bits per heavy atom. The second-order valence-electron chi connectivity index (χ2n) is 4.74. The van der Waals surface area contributed by atoms with E-state index in [9.17, 15) is 4.39 Å². The van der Waals surface area contributed by atoms with Gasteiger partial charge in [-0.15, -0.1) is 0 Å². The Labute approximate surface area is 105 Å². The molecule has 0 unspecified atom stereocenters. The summed E-state index contributed by atoms with van der Waals surface area (Å²) in [6, 6.07) is 5.33. The first kappa shape index (κ1) is 11.4. The fraction of sp³-hybridized carbons (Fsp3) is 0.357. The summed E-state index contributed by atoms with van der Waals surface area (Å²) in [6.07, 6.45) is 3.92. The van der Waals surface area contributed by atoms with Crippen LogP contribution < -0.4 is 5.32 Å². The van der Waals surface area contributed by atoms with Crippen molar-refractivity contribution in [3.8, 4) is 11.3 Å². The minimum atomic E-state index is -0.228. The van der Waals surface area contributed by atoms with E-state index in [1.165, 1.54) is 31.4 Å². The number of hydrogen-bond donors (Lipinski definition) is 1. The highest BCUT2D eigenvalue weighted by molar-refractivity contribution is 5.63. The first-order valence-electron chi connectivity index (χ1n) is 6.16. The quantitative estimate of drug-likeness (QED) is 0.901. The van der Waals surface area contributed by atoms with Gasteiger partial charge in [0.05, 0.1) is 0 Å². The third kappa shape index (κ3) is 2.29. The zero-order valence-corrected chi connectivity index (χ0v) is 10.2. The van der Waals surface area contributed by atoms with Crippen LogP contribution in [0.4, 0.5) is 4.39 Å². The van der Waals surface area contributed by atoms with Crippen molar-refractivity contribution in [1.29, 1.82) is 0 Å². The number of oxazole rings is 1. The smallest absolute Gasteiger partial charge is 0.181 e. The Kier molecular flexibility index (Phi) is 2.88. The molecule has 0 atom stereocenters. The van der Waals surface area contributed by atoms with Crippen molar-refractivity contribution in [2.24, 2.45) is 0 Å². The van der Waals surface area contributed by atoms with Gasteiger partial charge in [-0.2, -0.15) is 0 Å². The maximum atomic E-state index is 13.1. The number of benzene rings is 1. The molecule has 0 bridgehead atoms. The number of nitrogens with zero attached hydrogens (tertiary/aromatic N) is 1.